The summed E-state index contributed by atoms with van der Waals surface area (Å²) in [5.41, 5.74) is 2.19. The summed E-state index contributed by atoms with van der Waals surface area (Å²) in [4.78, 5) is 15.3. The molecule has 144 valence electrons. The monoisotopic (exact) mass is 377 g/mol. The van der Waals surface area contributed by atoms with Gasteiger partial charge in [0, 0.05) is 36.7 Å². The molecule has 3 aromatic heterocycles. The van der Waals surface area contributed by atoms with Crippen molar-refractivity contribution in [2.75, 3.05) is 24.6 Å². The van der Waals surface area contributed by atoms with Gasteiger partial charge >= 0.3 is 0 Å². The molecule has 0 aliphatic carbocycles. The van der Waals surface area contributed by atoms with Crippen molar-refractivity contribution in [3.63, 3.8) is 0 Å². The van der Waals surface area contributed by atoms with Gasteiger partial charge in [0.2, 0.25) is 11.8 Å². The molecule has 0 N–H and O–H groups in total. The molecule has 4 heterocycles. The molecule has 0 amide bonds. The molecule has 8 nitrogen and oxygen atoms in total. The van der Waals surface area contributed by atoms with Crippen LogP contribution in [-0.2, 0) is 5.41 Å². The predicted octanol–water partition coefficient (Wildman–Crippen LogP) is 2.59. The molecular weight excluding hydrogens is 354 g/mol. The smallest absolute Gasteiger partial charge is 0.231 e. The highest BCUT2D eigenvalue weighted by Gasteiger charge is 2.25. The van der Waals surface area contributed by atoms with Crippen molar-refractivity contribution < 1.29 is 4.74 Å². The van der Waals surface area contributed by atoms with Crippen molar-refractivity contribution in [3.8, 4) is 11.9 Å². The van der Waals surface area contributed by atoms with Crippen molar-refractivity contribution in [1.29, 1.82) is 5.26 Å². The molecule has 1 aliphatic rings. The van der Waals surface area contributed by atoms with Crippen LogP contribution in [-0.4, -0.2) is 44.3 Å². The normalized spacial score (nSPS) is 17.1. The molecule has 0 bridgehead atoms. The molecule has 1 aliphatic heterocycles. The Bertz CT molecular complexity index is 1030. The Labute approximate surface area is 163 Å². The van der Waals surface area contributed by atoms with Gasteiger partial charge in [0.25, 0.3) is 0 Å². The number of rotatable bonds is 4. The maximum atomic E-state index is 9.00. The summed E-state index contributed by atoms with van der Waals surface area (Å²) >= 11 is 0. The third-order valence-electron chi connectivity index (χ3n) is 4.86. The molecule has 0 radical (unpaired) electrons. The molecular formula is C20H23N7O. The number of aromatic nitrogens is 5. The summed E-state index contributed by atoms with van der Waals surface area (Å²) in [6.45, 7) is 8.63. The topological polar surface area (TPSA) is 92.2 Å². The second-order valence-electron chi connectivity index (χ2n) is 8.12. The first-order valence-corrected chi connectivity index (χ1v) is 9.40. The van der Waals surface area contributed by atoms with E-state index in [4.69, 9.17) is 10.00 Å². The lowest BCUT2D eigenvalue weighted by atomic mass is 9.93. The molecule has 0 spiro atoms. The second-order valence-corrected chi connectivity index (χ2v) is 8.12. The van der Waals surface area contributed by atoms with Gasteiger partial charge in [0.05, 0.1) is 18.5 Å². The number of ether oxygens (including phenoxy) is 1. The summed E-state index contributed by atoms with van der Waals surface area (Å²) < 4.78 is 7.72. The van der Waals surface area contributed by atoms with Gasteiger partial charge in [-0.05, 0) is 18.6 Å². The van der Waals surface area contributed by atoms with Crippen molar-refractivity contribution in [1.82, 2.24) is 24.6 Å². The van der Waals surface area contributed by atoms with Crippen LogP contribution in [0.25, 0.3) is 5.65 Å². The zero-order valence-electron chi connectivity index (χ0n) is 16.3. The zero-order valence-corrected chi connectivity index (χ0v) is 16.3. The van der Waals surface area contributed by atoms with E-state index in [-0.39, 0.29) is 5.41 Å². The van der Waals surface area contributed by atoms with Crippen LogP contribution < -0.4 is 9.64 Å². The first-order chi connectivity index (χ1) is 13.4. The number of hydrogen-bond acceptors (Lipinski definition) is 7. The Kier molecular flexibility index (Phi) is 4.59. The van der Waals surface area contributed by atoms with E-state index in [2.05, 4.69) is 51.8 Å². The number of anilines is 1. The fourth-order valence-corrected chi connectivity index (χ4v) is 3.22. The quantitative estimate of drug-likeness (QED) is 0.690. The summed E-state index contributed by atoms with van der Waals surface area (Å²) in [6, 6.07) is 7.46. The van der Waals surface area contributed by atoms with Crippen LogP contribution in [0, 0.1) is 17.2 Å². The average molecular weight is 377 g/mol. The number of nitrogens with zero attached hydrogens (tertiary/aromatic N) is 7. The minimum atomic E-state index is -0.0209. The van der Waals surface area contributed by atoms with E-state index in [1.165, 1.54) is 0 Å². The van der Waals surface area contributed by atoms with E-state index >= 15 is 0 Å². The van der Waals surface area contributed by atoms with E-state index in [1.54, 1.807) is 16.8 Å². The summed E-state index contributed by atoms with van der Waals surface area (Å²) in [6.07, 6.45) is 4.57. The second kappa shape index (κ2) is 7.08. The highest BCUT2D eigenvalue weighted by molar-refractivity contribution is 5.41. The molecule has 0 aromatic carbocycles. The highest BCUT2D eigenvalue weighted by Crippen LogP contribution is 2.23. The minimum Gasteiger partial charge on any atom is -0.476 e. The number of fused-ring (bicyclic) bond motifs is 1. The summed E-state index contributed by atoms with van der Waals surface area (Å²) in [7, 11) is 0. The molecule has 28 heavy (non-hydrogen) atoms. The van der Waals surface area contributed by atoms with Crippen LogP contribution in [0.15, 0.2) is 30.6 Å². The van der Waals surface area contributed by atoms with Crippen LogP contribution in [0.4, 0.5) is 5.95 Å². The maximum Gasteiger partial charge on any atom is 0.231 e. The summed E-state index contributed by atoms with van der Waals surface area (Å²) in [5.74, 6) is 1.56. The molecule has 1 saturated heterocycles. The highest BCUT2D eigenvalue weighted by atomic mass is 16.5. The molecule has 1 unspecified atom stereocenters. The zero-order chi connectivity index (χ0) is 19.7. The Balaban J connectivity index is 1.39. The predicted molar refractivity (Wildman–Crippen MR) is 104 cm³/mol. The summed E-state index contributed by atoms with van der Waals surface area (Å²) in [5, 5.41) is 13.5. The fourth-order valence-electron chi connectivity index (χ4n) is 3.22. The molecule has 1 atom stereocenters. The number of imidazole rings is 1. The van der Waals surface area contributed by atoms with Gasteiger partial charge in [-0.2, -0.15) is 5.26 Å². The van der Waals surface area contributed by atoms with Gasteiger partial charge < -0.3 is 9.64 Å². The molecule has 8 heteroatoms. The Morgan fingerprint density at radius 3 is 2.89 bits per heavy atom. The van der Waals surface area contributed by atoms with Gasteiger partial charge in [-0.3, -0.25) is 0 Å². The minimum absolute atomic E-state index is 0.0209. The van der Waals surface area contributed by atoms with Crippen LogP contribution in [0.2, 0.25) is 0 Å². The van der Waals surface area contributed by atoms with E-state index in [9.17, 15) is 0 Å². The van der Waals surface area contributed by atoms with Crippen molar-refractivity contribution >= 4 is 11.6 Å². The Morgan fingerprint density at radius 2 is 2.11 bits per heavy atom. The lowest BCUT2D eigenvalue weighted by Crippen LogP contribution is -2.24. The van der Waals surface area contributed by atoms with Crippen LogP contribution in [0.5, 0.6) is 5.88 Å². The number of nitriles is 1. The van der Waals surface area contributed by atoms with Crippen molar-refractivity contribution in [2.24, 2.45) is 5.92 Å². The van der Waals surface area contributed by atoms with Crippen LogP contribution >= 0.6 is 0 Å². The maximum absolute atomic E-state index is 9.00. The molecule has 3 aromatic rings. The van der Waals surface area contributed by atoms with Gasteiger partial charge in [-0.1, -0.05) is 20.8 Å². The SMILES string of the molecule is CC(C)(C)c1cn2nc(OCC3CCN(c4nccc(C#N)n4)C3)ccc2n1. The van der Waals surface area contributed by atoms with Crippen molar-refractivity contribution in [2.45, 2.75) is 32.6 Å². The van der Waals surface area contributed by atoms with Gasteiger partial charge in [-0.25, -0.2) is 19.5 Å². The van der Waals surface area contributed by atoms with Gasteiger partial charge in [0.1, 0.15) is 11.8 Å². The standard InChI is InChI=1S/C20H23N7O/c1-20(2,3)16-12-27-17(24-16)4-5-18(25-27)28-13-14-7-9-26(11-14)19-22-8-6-15(10-21)23-19/h4-6,8,12,14H,7,9,11,13H2,1-3H3. The van der Waals surface area contributed by atoms with E-state index in [1.807, 2.05) is 18.3 Å². The molecule has 0 saturated carbocycles. The van der Waals surface area contributed by atoms with Crippen LogP contribution in [0.1, 0.15) is 38.6 Å². The Hall–Kier alpha value is -3.21. The number of hydrogen-bond donors (Lipinski definition) is 0. The van der Waals surface area contributed by atoms with E-state index in [0.717, 1.165) is 30.9 Å². The third kappa shape index (κ3) is 3.74. The Morgan fingerprint density at radius 1 is 1.25 bits per heavy atom. The van der Waals surface area contributed by atoms with Crippen LogP contribution in [0.3, 0.4) is 0 Å². The van der Waals surface area contributed by atoms with Gasteiger partial charge in [-0.15, -0.1) is 5.10 Å². The largest absolute Gasteiger partial charge is 0.476 e. The molecule has 4 rings (SSSR count). The third-order valence-corrected chi connectivity index (χ3v) is 4.86. The lowest BCUT2D eigenvalue weighted by Gasteiger charge is -2.16. The average Bonchev–Trinajstić information content (AvgIpc) is 3.33. The van der Waals surface area contributed by atoms with Gasteiger partial charge in [0.15, 0.2) is 5.65 Å². The van der Waals surface area contributed by atoms with Crippen molar-refractivity contribution in [3.05, 3.63) is 42.0 Å². The lowest BCUT2D eigenvalue weighted by molar-refractivity contribution is 0.248. The fraction of sp³-hybridized carbons (Fsp3) is 0.450. The van der Waals surface area contributed by atoms with E-state index < -0.39 is 0 Å². The van der Waals surface area contributed by atoms with E-state index in [0.29, 0.717) is 30.0 Å². The first-order valence-electron chi connectivity index (χ1n) is 9.40. The molecule has 1 fully saturated rings. The first kappa shape index (κ1) is 18.2.